The van der Waals surface area contributed by atoms with E-state index in [4.69, 9.17) is 14.2 Å². The second-order valence-electron chi connectivity index (χ2n) is 7.69. The van der Waals surface area contributed by atoms with Crippen molar-refractivity contribution in [2.24, 2.45) is 0 Å². The first-order valence-electron chi connectivity index (χ1n) is 10.9. The molecular formula is C21H46O4Si. The Hall–Kier alpha value is 0.0569. The monoisotopic (exact) mass is 390 g/mol. The summed E-state index contributed by atoms with van der Waals surface area (Å²) in [5.41, 5.74) is -1.00. The van der Waals surface area contributed by atoms with Gasteiger partial charge in [0, 0.05) is 27.8 Å². The highest BCUT2D eigenvalue weighted by atomic mass is 28.1. The molecule has 0 aromatic carbocycles. The van der Waals surface area contributed by atoms with E-state index < -0.39 is 11.2 Å². The molecule has 26 heavy (non-hydrogen) atoms. The lowest BCUT2D eigenvalue weighted by Gasteiger charge is -2.41. The van der Waals surface area contributed by atoms with Gasteiger partial charge >= 0.3 is 0 Å². The molecule has 158 valence electrons. The second-order valence-corrected chi connectivity index (χ2v) is 9.01. The molecule has 5 heteroatoms. The zero-order chi connectivity index (χ0) is 19.7. The van der Waals surface area contributed by atoms with Crippen molar-refractivity contribution in [3.05, 3.63) is 0 Å². The van der Waals surface area contributed by atoms with E-state index in [1.165, 1.54) is 84.2 Å². The van der Waals surface area contributed by atoms with Crippen LogP contribution in [-0.4, -0.2) is 47.9 Å². The van der Waals surface area contributed by atoms with Crippen molar-refractivity contribution in [3.8, 4) is 0 Å². The number of methoxy groups -OCH3 is 3. The molecule has 0 bridgehead atoms. The van der Waals surface area contributed by atoms with Gasteiger partial charge in [-0.25, -0.2) is 0 Å². The molecule has 4 nitrogen and oxygen atoms in total. The van der Waals surface area contributed by atoms with Crippen molar-refractivity contribution in [3.63, 3.8) is 0 Å². The van der Waals surface area contributed by atoms with Crippen molar-refractivity contribution in [1.29, 1.82) is 0 Å². The molecule has 0 radical (unpaired) electrons. The molecule has 0 aromatic rings. The van der Waals surface area contributed by atoms with Crippen LogP contribution < -0.4 is 0 Å². The summed E-state index contributed by atoms with van der Waals surface area (Å²) >= 11 is 0. The summed E-state index contributed by atoms with van der Waals surface area (Å²) in [7, 11) is 5.18. The predicted molar refractivity (Wildman–Crippen MR) is 114 cm³/mol. The van der Waals surface area contributed by atoms with Gasteiger partial charge in [-0.05, 0) is 6.42 Å². The first kappa shape index (κ1) is 26.1. The van der Waals surface area contributed by atoms with E-state index in [1.54, 1.807) is 14.2 Å². The quantitative estimate of drug-likeness (QED) is 0.200. The number of ether oxygens (including phenoxy) is 3. The molecule has 0 amide bonds. The molecule has 0 saturated heterocycles. The molecule has 0 aliphatic heterocycles. The van der Waals surface area contributed by atoms with E-state index in [0.29, 0.717) is 16.7 Å². The topological polar surface area (TPSA) is 47.9 Å². The molecule has 0 aliphatic carbocycles. The fourth-order valence-corrected chi connectivity index (χ4v) is 3.93. The van der Waals surface area contributed by atoms with Gasteiger partial charge in [0.05, 0.1) is 10.2 Å². The maximum absolute atomic E-state index is 10.7. The van der Waals surface area contributed by atoms with E-state index in [9.17, 15) is 5.11 Å². The van der Waals surface area contributed by atoms with Crippen molar-refractivity contribution in [1.82, 2.24) is 0 Å². The number of aliphatic hydroxyl groups is 1. The van der Waals surface area contributed by atoms with Crippen molar-refractivity contribution in [2.75, 3.05) is 21.3 Å². The van der Waals surface area contributed by atoms with Crippen LogP contribution >= 0.6 is 0 Å². The predicted octanol–water partition coefficient (Wildman–Crippen LogP) is 4.50. The molecule has 0 spiro atoms. The van der Waals surface area contributed by atoms with Gasteiger partial charge in [-0.2, -0.15) is 0 Å². The fourth-order valence-electron chi connectivity index (χ4n) is 3.48. The Morgan fingerprint density at radius 3 is 1.27 bits per heavy atom. The van der Waals surface area contributed by atoms with E-state index in [1.807, 2.05) is 0 Å². The fraction of sp³-hybridized carbons (Fsp3) is 1.00. The van der Waals surface area contributed by atoms with Crippen molar-refractivity contribution >= 4 is 10.2 Å². The van der Waals surface area contributed by atoms with Gasteiger partial charge in [0.2, 0.25) is 5.79 Å². The highest BCUT2D eigenvalue weighted by Gasteiger charge is 2.47. The van der Waals surface area contributed by atoms with Gasteiger partial charge in [0.15, 0.2) is 5.41 Å². The highest BCUT2D eigenvalue weighted by molar-refractivity contribution is 6.14. The van der Waals surface area contributed by atoms with Crippen LogP contribution in [0.5, 0.6) is 0 Å². The molecule has 0 fully saturated rings. The molecule has 0 saturated carbocycles. The first-order valence-corrected chi connectivity index (χ1v) is 11.9. The van der Waals surface area contributed by atoms with Gasteiger partial charge < -0.3 is 19.3 Å². The average molecular weight is 391 g/mol. The van der Waals surface area contributed by atoms with Crippen LogP contribution in [-0.2, 0) is 14.2 Å². The van der Waals surface area contributed by atoms with Crippen LogP contribution in [0.25, 0.3) is 0 Å². The maximum Gasteiger partial charge on any atom is 0.215 e. The second kappa shape index (κ2) is 16.1. The van der Waals surface area contributed by atoms with Gasteiger partial charge in [0.25, 0.3) is 0 Å². The van der Waals surface area contributed by atoms with Crippen LogP contribution in [0.15, 0.2) is 0 Å². The van der Waals surface area contributed by atoms with Gasteiger partial charge in [-0.15, -0.1) is 0 Å². The Balaban J connectivity index is 3.58. The Morgan fingerprint density at radius 2 is 0.962 bits per heavy atom. The molecule has 0 rings (SSSR count). The van der Waals surface area contributed by atoms with Gasteiger partial charge in [0.1, 0.15) is 0 Å². The first-order chi connectivity index (χ1) is 12.5. The lowest BCUT2D eigenvalue weighted by molar-refractivity contribution is -0.343. The smallest absolute Gasteiger partial charge is 0.215 e. The zero-order valence-corrected chi connectivity index (χ0v) is 20.3. The summed E-state index contributed by atoms with van der Waals surface area (Å²) in [6, 6.07) is 0. The normalized spacial score (nSPS) is 14.7. The Kier molecular flexibility index (Phi) is 16.1. The van der Waals surface area contributed by atoms with E-state index in [2.05, 4.69) is 6.92 Å². The number of hydrogen-bond donors (Lipinski definition) is 1. The summed E-state index contributed by atoms with van der Waals surface area (Å²) in [6.07, 6.45) is 19.1. The largest absolute Gasteiger partial charge is 0.362 e. The third-order valence-electron chi connectivity index (χ3n) is 5.70. The summed E-state index contributed by atoms with van der Waals surface area (Å²) in [5.74, 6) is -1.35. The molecular weight excluding hydrogens is 344 g/mol. The molecule has 1 atom stereocenters. The summed E-state index contributed by atoms with van der Waals surface area (Å²) in [5, 5.41) is 10.7. The summed E-state index contributed by atoms with van der Waals surface area (Å²) in [4.78, 5) is 0. The molecule has 1 unspecified atom stereocenters. The van der Waals surface area contributed by atoms with Gasteiger partial charge in [-0.3, -0.25) is 0 Å². The highest BCUT2D eigenvalue weighted by Crippen LogP contribution is 2.30. The number of hydrogen-bond acceptors (Lipinski definition) is 4. The van der Waals surface area contributed by atoms with Crippen LogP contribution in [0.3, 0.4) is 0 Å². The maximum atomic E-state index is 10.7. The Bertz CT molecular complexity index is 310. The van der Waals surface area contributed by atoms with Crippen LogP contribution in [0, 0.1) is 0 Å². The zero-order valence-electron chi connectivity index (χ0n) is 18.3. The Morgan fingerprint density at radius 1 is 0.615 bits per heavy atom. The molecule has 1 N–H and O–H groups in total. The van der Waals surface area contributed by atoms with Crippen molar-refractivity contribution < 1.29 is 19.3 Å². The SMILES string of the molecule is CCCCCCCCCCCCCCCCC(O)(OC)C([SiH3])(OC)OC. The van der Waals surface area contributed by atoms with Crippen LogP contribution in [0.1, 0.15) is 103 Å². The molecule has 0 heterocycles. The minimum atomic E-state index is -1.35. The third-order valence-corrected chi connectivity index (χ3v) is 7.29. The van der Waals surface area contributed by atoms with Crippen molar-refractivity contribution in [2.45, 2.75) is 114 Å². The van der Waals surface area contributed by atoms with Gasteiger partial charge in [-0.1, -0.05) is 90.4 Å². The minimum absolute atomic E-state index is 0.539. The standard InChI is InChI=1S/C21H46O4Si/c1-5-6-7-8-9-10-11-12-13-14-15-16-17-18-19-20(22,23-2)21(26,24-3)25-4/h22H,5-19H2,1-4,26H3. The molecule has 0 aromatic heterocycles. The summed E-state index contributed by atoms with van der Waals surface area (Å²) in [6.45, 7) is 2.27. The van der Waals surface area contributed by atoms with Crippen LogP contribution in [0.4, 0.5) is 0 Å². The summed E-state index contributed by atoms with van der Waals surface area (Å²) < 4.78 is 16.1. The number of rotatable bonds is 19. The molecule has 0 aliphatic rings. The van der Waals surface area contributed by atoms with E-state index in [0.717, 1.165) is 12.8 Å². The average Bonchev–Trinajstić information content (AvgIpc) is 2.67. The lowest BCUT2D eigenvalue weighted by Crippen LogP contribution is -2.58. The van der Waals surface area contributed by atoms with E-state index in [-0.39, 0.29) is 0 Å². The third kappa shape index (κ3) is 10.4. The Labute approximate surface area is 165 Å². The minimum Gasteiger partial charge on any atom is -0.362 e. The number of unbranched alkanes of at least 4 members (excludes halogenated alkanes) is 13. The van der Waals surface area contributed by atoms with E-state index >= 15 is 0 Å². The van der Waals surface area contributed by atoms with Crippen LogP contribution in [0.2, 0.25) is 0 Å². The lowest BCUT2D eigenvalue weighted by atomic mass is 10.0.